The number of rotatable bonds is 11. The number of carbonyl (C=O) groups excluding carboxylic acids is 2. The summed E-state index contributed by atoms with van der Waals surface area (Å²) < 4.78 is 38.2. The predicted molar refractivity (Wildman–Crippen MR) is 132 cm³/mol. The second-order valence-electron chi connectivity index (χ2n) is 7.54. The number of carbonyl (C=O) groups is 2. The minimum Gasteiger partial charge on any atom is -0.465 e. The van der Waals surface area contributed by atoms with E-state index in [0.717, 1.165) is 25.7 Å². The molecular formula is C24H31ClN2O6S. The lowest BCUT2D eigenvalue weighted by atomic mass is 10.1. The van der Waals surface area contributed by atoms with Gasteiger partial charge in [-0.25, -0.2) is 18.0 Å². The third-order valence-corrected chi connectivity index (χ3v) is 7.44. The fourth-order valence-electron chi connectivity index (χ4n) is 3.36. The van der Waals surface area contributed by atoms with Gasteiger partial charge in [-0.15, -0.1) is 0 Å². The Bertz CT molecular complexity index is 1090. The molecule has 0 saturated carbocycles. The van der Waals surface area contributed by atoms with E-state index in [4.69, 9.17) is 21.1 Å². The number of hydrogen-bond acceptors (Lipinski definition) is 7. The van der Waals surface area contributed by atoms with Crippen LogP contribution in [0.25, 0.3) is 0 Å². The molecule has 10 heteroatoms. The average Bonchev–Trinajstić information content (AvgIpc) is 3.06. The SMILES string of the molecule is CCCCN(CCCC)S(=O)(=O)c1ccc(Cl)c(N2C=CC=CC(C(=O)OC)=C2C(=O)OC)c1. The van der Waals surface area contributed by atoms with Crippen LogP contribution < -0.4 is 4.90 Å². The number of nitrogens with zero attached hydrogens (tertiary/aromatic N) is 2. The molecule has 0 atom stereocenters. The largest absolute Gasteiger partial charge is 0.465 e. The maximum atomic E-state index is 13.5. The number of unbranched alkanes of at least 4 members (excludes halogenated alkanes) is 2. The van der Waals surface area contributed by atoms with Crippen molar-refractivity contribution >= 4 is 39.3 Å². The van der Waals surface area contributed by atoms with E-state index in [1.807, 2.05) is 13.8 Å². The van der Waals surface area contributed by atoms with Crippen molar-refractivity contribution in [3.63, 3.8) is 0 Å². The van der Waals surface area contributed by atoms with Crippen molar-refractivity contribution in [3.05, 3.63) is 58.9 Å². The zero-order valence-corrected chi connectivity index (χ0v) is 21.5. The molecule has 1 aromatic rings. The third-order valence-electron chi connectivity index (χ3n) is 5.23. The van der Waals surface area contributed by atoms with Gasteiger partial charge in [0.1, 0.15) is 5.70 Å². The molecule has 34 heavy (non-hydrogen) atoms. The molecule has 0 aliphatic carbocycles. The van der Waals surface area contributed by atoms with E-state index in [1.165, 1.54) is 53.9 Å². The highest BCUT2D eigenvalue weighted by molar-refractivity contribution is 7.89. The summed E-state index contributed by atoms with van der Waals surface area (Å²) in [7, 11) is -1.45. The van der Waals surface area contributed by atoms with Crippen molar-refractivity contribution in [2.75, 3.05) is 32.2 Å². The summed E-state index contributed by atoms with van der Waals surface area (Å²) >= 11 is 6.46. The lowest BCUT2D eigenvalue weighted by Gasteiger charge is -2.26. The van der Waals surface area contributed by atoms with E-state index < -0.39 is 22.0 Å². The van der Waals surface area contributed by atoms with E-state index in [2.05, 4.69) is 0 Å². The van der Waals surface area contributed by atoms with Crippen LogP contribution >= 0.6 is 11.6 Å². The molecule has 1 aromatic carbocycles. The number of methoxy groups -OCH3 is 2. The standard InChI is InChI=1S/C24H31ClN2O6S/c1-5-7-14-26(15-8-6-2)34(30,31)18-12-13-20(25)21(17-18)27-16-10-9-11-19(23(28)32-3)22(27)24(29)33-4/h9-13,16-17H,5-8,14-15H2,1-4H3. The van der Waals surface area contributed by atoms with Gasteiger partial charge in [-0.1, -0.05) is 44.4 Å². The highest BCUT2D eigenvalue weighted by atomic mass is 35.5. The van der Waals surface area contributed by atoms with Gasteiger partial charge >= 0.3 is 11.9 Å². The number of halogens is 1. The summed E-state index contributed by atoms with van der Waals surface area (Å²) in [6.45, 7) is 4.82. The van der Waals surface area contributed by atoms with Crippen molar-refractivity contribution in [2.24, 2.45) is 0 Å². The Labute approximate surface area is 206 Å². The second-order valence-corrected chi connectivity index (χ2v) is 9.89. The van der Waals surface area contributed by atoms with Crippen LogP contribution in [0, 0.1) is 0 Å². The van der Waals surface area contributed by atoms with Crippen LogP contribution in [-0.4, -0.2) is 52.0 Å². The zero-order chi connectivity index (χ0) is 25.3. The third kappa shape index (κ3) is 6.28. The molecule has 0 bridgehead atoms. The van der Waals surface area contributed by atoms with Crippen LogP contribution in [0.2, 0.25) is 5.02 Å². The molecule has 0 radical (unpaired) electrons. The molecule has 2 rings (SSSR count). The Morgan fingerprint density at radius 3 is 2.18 bits per heavy atom. The summed E-state index contributed by atoms with van der Waals surface area (Å²) in [5.74, 6) is -1.57. The number of sulfonamides is 1. The lowest BCUT2D eigenvalue weighted by molar-refractivity contribution is -0.139. The maximum Gasteiger partial charge on any atom is 0.355 e. The van der Waals surface area contributed by atoms with Gasteiger partial charge in [0.2, 0.25) is 10.0 Å². The molecule has 1 aliphatic rings. The highest BCUT2D eigenvalue weighted by Gasteiger charge is 2.30. The molecule has 0 aromatic heterocycles. The van der Waals surface area contributed by atoms with Crippen LogP contribution in [0.5, 0.6) is 0 Å². The molecular weight excluding hydrogens is 480 g/mol. The van der Waals surface area contributed by atoms with Crippen LogP contribution in [0.4, 0.5) is 5.69 Å². The Morgan fingerprint density at radius 1 is 1.00 bits per heavy atom. The van der Waals surface area contributed by atoms with Crippen LogP contribution in [0.3, 0.4) is 0 Å². The first-order valence-electron chi connectivity index (χ1n) is 11.1. The Hall–Kier alpha value is -2.62. The first kappa shape index (κ1) is 27.6. The minimum atomic E-state index is -3.83. The molecule has 1 heterocycles. The summed E-state index contributed by atoms with van der Waals surface area (Å²) in [6, 6.07) is 4.30. The molecule has 0 unspecified atom stereocenters. The summed E-state index contributed by atoms with van der Waals surface area (Å²) in [4.78, 5) is 26.5. The summed E-state index contributed by atoms with van der Waals surface area (Å²) in [5.41, 5.74) is -0.00348. The number of hydrogen-bond donors (Lipinski definition) is 0. The fourth-order valence-corrected chi connectivity index (χ4v) is 5.11. The minimum absolute atomic E-state index is 0.0357. The van der Waals surface area contributed by atoms with Gasteiger partial charge in [-0.05, 0) is 43.2 Å². The maximum absolute atomic E-state index is 13.5. The molecule has 0 N–H and O–H groups in total. The monoisotopic (exact) mass is 510 g/mol. The van der Waals surface area contributed by atoms with Gasteiger partial charge in [0.05, 0.1) is 35.4 Å². The van der Waals surface area contributed by atoms with E-state index in [1.54, 1.807) is 12.2 Å². The second kappa shape index (κ2) is 12.7. The quantitative estimate of drug-likeness (QED) is 0.407. The lowest BCUT2D eigenvalue weighted by Crippen LogP contribution is -2.33. The summed E-state index contributed by atoms with van der Waals surface area (Å²) in [6.07, 6.45) is 9.26. The van der Waals surface area contributed by atoms with E-state index in [9.17, 15) is 18.0 Å². The Morgan fingerprint density at radius 2 is 1.62 bits per heavy atom. The number of esters is 2. The van der Waals surface area contributed by atoms with Gasteiger partial charge in [-0.3, -0.25) is 0 Å². The molecule has 186 valence electrons. The van der Waals surface area contributed by atoms with Crippen molar-refractivity contribution < 1.29 is 27.5 Å². The smallest absolute Gasteiger partial charge is 0.355 e. The average molecular weight is 511 g/mol. The van der Waals surface area contributed by atoms with Crippen molar-refractivity contribution in [1.29, 1.82) is 0 Å². The number of anilines is 1. The van der Waals surface area contributed by atoms with Gasteiger partial charge in [0.25, 0.3) is 0 Å². The van der Waals surface area contributed by atoms with Crippen molar-refractivity contribution in [2.45, 2.75) is 44.4 Å². The van der Waals surface area contributed by atoms with E-state index >= 15 is 0 Å². The first-order valence-corrected chi connectivity index (χ1v) is 12.9. The van der Waals surface area contributed by atoms with Gasteiger partial charge in [0, 0.05) is 19.3 Å². The number of allylic oxidation sites excluding steroid dienone is 2. The normalized spacial score (nSPS) is 13.9. The number of benzene rings is 1. The van der Waals surface area contributed by atoms with Crippen molar-refractivity contribution in [3.8, 4) is 0 Å². The zero-order valence-electron chi connectivity index (χ0n) is 19.9. The molecule has 0 spiro atoms. The Kier molecular flexibility index (Phi) is 10.3. The highest BCUT2D eigenvalue weighted by Crippen LogP contribution is 2.35. The topological polar surface area (TPSA) is 93.2 Å². The molecule has 0 saturated heterocycles. The molecule has 1 aliphatic heterocycles. The summed E-state index contributed by atoms with van der Waals surface area (Å²) in [5, 5.41) is 0.185. The van der Waals surface area contributed by atoms with Gasteiger partial charge in [0.15, 0.2) is 0 Å². The predicted octanol–water partition coefficient (Wildman–Crippen LogP) is 4.42. The fraction of sp³-hybridized carbons (Fsp3) is 0.417. The Balaban J connectivity index is 2.66. The molecule has 8 nitrogen and oxygen atoms in total. The van der Waals surface area contributed by atoms with Gasteiger partial charge < -0.3 is 14.4 Å². The van der Waals surface area contributed by atoms with Crippen LogP contribution in [0.15, 0.2) is 58.8 Å². The molecule has 0 fully saturated rings. The number of ether oxygens (including phenoxy) is 2. The van der Waals surface area contributed by atoms with E-state index in [0.29, 0.717) is 13.1 Å². The molecule has 0 amide bonds. The van der Waals surface area contributed by atoms with Crippen LogP contribution in [0.1, 0.15) is 39.5 Å². The van der Waals surface area contributed by atoms with Crippen molar-refractivity contribution in [1.82, 2.24) is 4.31 Å². The first-order chi connectivity index (χ1) is 16.2. The van der Waals surface area contributed by atoms with Crippen LogP contribution in [-0.2, 0) is 29.1 Å². The van der Waals surface area contributed by atoms with Gasteiger partial charge in [-0.2, -0.15) is 4.31 Å². The van der Waals surface area contributed by atoms with E-state index in [-0.39, 0.29) is 26.9 Å².